The number of halogens is 2. The maximum absolute atomic E-state index is 14.6. The first-order valence-electron chi connectivity index (χ1n) is 10.8. The summed E-state index contributed by atoms with van der Waals surface area (Å²) in [7, 11) is -3.82. The maximum atomic E-state index is 14.6. The van der Waals surface area contributed by atoms with Crippen LogP contribution in [0.1, 0.15) is 36.7 Å². The number of amides is 1. The van der Waals surface area contributed by atoms with Gasteiger partial charge in [-0.2, -0.15) is 0 Å². The Labute approximate surface area is 204 Å². The second-order valence-corrected chi connectivity index (χ2v) is 11.7. The number of aryl methyl sites for hydroxylation is 1. The quantitative estimate of drug-likeness (QED) is 0.556. The van der Waals surface area contributed by atoms with Crippen LogP contribution in [0.15, 0.2) is 36.4 Å². The number of benzene rings is 2. The van der Waals surface area contributed by atoms with Crippen molar-refractivity contribution in [2.75, 3.05) is 25.4 Å². The topological polar surface area (TPSA) is 92.8 Å². The van der Waals surface area contributed by atoms with Gasteiger partial charge in [0.15, 0.2) is 11.6 Å². The van der Waals surface area contributed by atoms with Crippen molar-refractivity contribution in [2.24, 2.45) is 5.92 Å². The average molecular weight is 511 g/mol. The minimum Gasteiger partial charge on any atom is -0.444 e. The number of hydrogen-bond acceptors (Lipinski definition) is 5. The van der Waals surface area contributed by atoms with Gasteiger partial charge in [-0.3, -0.25) is 4.79 Å². The predicted molar refractivity (Wildman–Crippen MR) is 129 cm³/mol. The molecule has 2 aromatic rings. The van der Waals surface area contributed by atoms with Gasteiger partial charge in [0, 0.05) is 19.0 Å². The largest absolute Gasteiger partial charge is 0.444 e. The number of nitrogens with one attached hydrogen (secondary N) is 1. The summed E-state index contributed by atoms with van der Waals surface area (Å²) in [4.78, 5) is 26.1. The third kappa shape index (κ3) is 6.77. The van der Waals surface area contributed by atoms with Gasteiger partial charge in [0.25, 0.3) is 0 Å². The molecule has 0 bridgehead atoms. The van der Waals surface area contributed by atoms with E-state index in [2.05, 4.69) is 4.72 Å². The van der Waals surface area contributed by atoms with E-state index in [9.17, 15) is 22.4 Å². The number of likely N-dealkylation sites (tertiary alicyclic amines) is 1. The highest BCUT2D eigenvalue weighted by Crippen LogP contribution is 2.29. The third-order valence-corrected chi connectivity index (χ3v) is 6.97. The summed E-state index contributed by atoms with van der Waals surface area (Å²) in [5.74, 6) is -2.17. The Hall–Kier alpha value is -2.49. The van der Waals surface area contributed by atoms with Crippen LogP contribution in [0.3, 0.4) is 0 Å². The second-order valence-electron chi connectivity index (χ2n) is 9.47. The molecule has 7 nitrogen and oxygen atoms in total. The van der Waals surface area contributed by atoms with Crippen molar-refractivity contribution in [3.63, 3.8) is 0 Å². The third-order valence-electron chi connectivity index (χ3n) is 5.20. The molecule has 10 heteroatoms. The molecule has 1 fully saturated rings. The number of hydrogen-bond donors (Lipinski definition) is 1. The lowest BCUT2D eigenvalue weighted by atomic mass is 9.99. The van der Waals surface area contributed by atoms with Crippen molar-refractivity contribution in [3.05, 3.63) is 58.4 Å². The van der Waals surface area contributed by atoms with Gasteiger partial charge in [-0.05, 0) is 51.0 Å². The Morgan fingerprint density at radius 2 is 1.85 bits per heavy atom. The fraction of sp³-hybridized carbons (Fsp3) is 0.417. The number of Topliss-reactive ketones (excluding diaryl/α,β-unsaturated/α-hetero) is 1. The number of nitrogens with zero attached hydrogens (tertiary/aromatic N) is 1. The van der Waals surface area contributed by atoms with Crippen LogP contribution < -0.4 is 4.72 Å². The monoisotopic (exact) mass is 510 g/mol. The molecular formula is C24H28ClFN2O5S. The molecule has 1 heterocycles. The summed E-state index contributed by atoms with van der Waals surface area (Å²) in [6.07, 6.45) is -0.495. The Bertz CT molecular complexity index is 1200. The fourth-order valence-corrected chi connectivity index (χ4v) is 5.09. The van der Waals surface area contributed by atoms with Crippen molar-refractivity contribution >= 4 is 33.5 Å². The Kier molecular flexibility index (Phi) is 7.69. The van der Waals surface area contributed by atoms with Crippen LogP contribution in [0.25, 0.3) is 11.1 Å². The number of rotatable bonds is 7. The minimum atomic E-state index is -3.82. The maximum Gasteiger partial charge on any atom is 0.410 e. The van der Waals surface area contributed by atoms with E-state index in [0.717, 1.165) is 11.1 Å². The van der Waals surface area contributed by atoms with Crippen molar-refractivity contribution < 1.29 is 27.1 Å². The molecule has 0 atom stereocenters. The van der Waals surface area contributed by atoms with Gasteiger partial charge in [-0.1, -0.05) is 41.4 Å². The first-order valence-corrected chi connectivity index (χ1v) is 12.8. The molecule has 1 saturated heterocycles. The average Bonchev–Trinajstić information content (AvgIpc) is 2.69. The summed E-state index contributed by atoms with van der Waals surface area (Å²) in [5, 5.41) is -0.220. The van der Waals surface area contributed by atoms with E-state index in [1.165, 1.54) is 17.0 Å². The van der Waals surface area contributed by atoms with Crippen molar-refractivity contribution in [1.82, 2.24) is 9.62 Å². The molecule has 0 radical (unpaired) electrons. The summed E-state index contributed by atoms with van der Waals surface area (Å²) in [6.45, 7) is 7.04. The molecular weight excluding hydrogens is 483 g/mol. The van der Waals surface area contributed by atoms with Crippen LogP contribution in [-0.4, -0.2) is 56.2 Å². The highest BCUT2D eigenvalue weighted by molar-refractivity contribution is 7.89. The van der Waals surface area contributed by atoms with Crippen molar-refractivity contribution in [1.29, 1.82) is 0 Å². The molecule has 1 amide bonds. The van der Waals surface area contributed by atoms with E-state index in [4.69, 9.17) is 16.3 Å². The molecule has 3 rings (SSSR count). The van der Waals surface area contributed by atoms with Gasteiger partial charge < -0.3 is 9.64 Å². The van der Waals surface area contributed by atoms with E-state index in [0.29, 0.717) is 5.56 Å². The van der Waals surface area contributed by atoms with Gasteiger partial charge in [-0.25, -0.2) is 22.3 Å². The van der Waals surface area contributed by atoms with E-state index in [1.54, 1.807) is 20.8 Å². The van der Waals surface area contributed by atoms with Crippen LogP contribution in [-0.2, 0) is 14.8 Å². The zero-order chi connectivity index (χ0) is 25.3. The van der Waals surface area contributed by atoms with E-state index in [1.807, 2.05) is 31.2 Å². The van der Waals surface area contributed by atoms with E-state index >= 15 is 0 Å². The Morgan fingerprint density at radius 1 is 1.18 bits per heavy atom. The Balaban J connectivity index is 1.60. The fourth-order valence-electron chi connectivity index (χ4n) is 3.57. The first-order chi connectivity index (χ1) is 15.7. The summed E-state index contributed by atoms with van der Waals surface area (Å²) < 4.78 is 46.9. The standard InChI is InChI=1S/C24H28ClFN2O5S/c1-15-6-5-7-17(8-15)18-9-19(22(26)20(25)10-18)21(29)11-27-34(31,32)14-16-12-28(13-16)23(30)33-24(2,3)4/h5-10,16,27H,11-14H2,1-4H3. The molecule has 184 valence electrons. The molecule has 2 aromatic carbocycles. The van der Waals surface area contributed by atoms with Crippen LogP contribution in [0.4, 0.5) is 9.18 Å². The van der Waals surface area contributed by atoms with Crippen molar-refractivity contribution in [2.45, 2.75) is 33.3 Å². The Morgan fingerprint density at radius 3 is 2.47 bits per heavy atom. The van der Waals surface area contributed by atoms with Gasteiger partial charge in [0.1, 0.15) is 5.60 Å². The van der Waals surface area contributed by atoms with Gasteiger partial charge in [0.2, 0.25) is 10.0 Å². The lowest BCUT2D eigenvalue weighted by Crippen LogP contribution is -2.54. The van der Waals surface area contributed by atoms with Crippen LogP contribution in [0.2, 0.25) is 5.02 Å². The summed E-state index contributed by atoms with van der Waals surface area (Å²) in [6, 6.07) is 10.2. The molecule has 1 N–H and O–H groups in total. The minimum absolute atomic E-state index is 0.220. The van der Waals surface area contributed by atoms with E-state index in [-0.39, 0.29) is 35.3 Å². The first kappa shape index (κ1) is 26.1. The van der Waals surface area contributed by atoms with Crippen LogP contribution in [0.5, 0.6) is 0 Å². The van der Waals surface area contributed by atoms with E-state index < -0.39 is 39.9 Å². The van der Waals surface area contributed by atoms with Gasteiger partial charge >= 0.3 is 6.09 Å². The lowest BCUT2D eigenvalue weighted by molar-refractivity contribution is 0.00188. The second kappa shape index (κ2) is 10.0. The zero-order valence-electron chi connectivity index (χ0n) is 19.5. The number of carbonyl (C=O) groups excluding carboxylic acids is 2. The van der Waals surface area contributed by atoms with Gasteiger partial charge in [0.05, 0.1) is 22.9 Å². The van der Waals surface area contributed by atoms with Crippen molar-refractivity contribution in [3.8, 4) is 11.1 Å². The highest BCUT2D eigenvalue weighted by atomic mass is 35.5. The lowest BCUT2D eigenvalue weighted by Gasteiger charge is -2.39. The SMILES string of the molecule is Cc1cccc(-c2cc(Cl)c(F)c(C(=O)CNS(=O)(=O)CC3CN(C(=O)OC(C)(C)C)C3)c2)c1. The predicted octanol–water partition coefficient (Wildman–Crippen LogP) is 4.42. The van der Waals surface area contributed by atoms with Crippen LogP contribution in [0, 0.1) is 18.7 Å². The molecule has 1 aliphatic heterocycles. The normalized spacial score (nSPS) is 14.6. The molecule has 0 aliphatic carbocycles. The highest BCUT2D eigenvalue weighted by Gasteiger charge is 2.36. The summed E-state index contributed by atoms with van der Waals surface area (Å²) in [5.41, 5.74) is 1.38. The number of carbonyl (C=O) groups is 2. The van der Waals surface area contributed by atoms with Gasteiger partial charge in [-0.15, -0.1) is 0 Å². The zero-order valence-corrected chi connectivity index (χ0v) is 21.1. The molecule has 34 heavy (non-hydrogen) atoms. The van der Waals surface area contributed by atoms with Crippen LogP contribution >= 0.6 is 11.6 Å². The smallest absolute Gasteiger partial charge is 0.410 e. The number of ketones is 1. The number of ether oxygens (including phenoxy) is 1. The molecule has 0 spiro atoms. The summed E-state index contributed by atoms with van der Waals surface area (Å²) >= 11 is 6.01. The molecule has 0 unspecified atom stereocenters. The molecule has 0 saturated carbocycles. The molecule has 1 aliphatic rings. The number of sulfonamides is 1. The molecule has 0 aromatic heterocycles.